The molecule has 0 spiro atoms. The van der Waals surface area contributed by atoms with Crippen LogP contribution in [-0.4, -0.2) is 47.2 Å². The minimum absolute atomic E-state index is 0.0518. The number of fused-ring (bicyclic) bond motifs is 1. The fourth-order valence-electron chi connectivity index (χ4n) is 3.54. The summed E-state index contributed by atoms with van der Waals surface area (Å²) in [6.45, 7) is 0. The zero-order valence-electron chi connectivity index (χ0n) is 17.4. The van der Waals surface area contributed by atoms with Crippen LogP contribution in [0.25, 0.3) is 10.1 Å². The average Bonchev–Trinajstić information content (AvgIpc) is 3.24. The predicted molar refractivity (Wildman–Crippen MR) is 121 cm³/mol. The molecule has 32 heavy (non-hydrogen) atoms. The fourth-order valence-corrected chi connectivity index (χ4v) is 4.51. The summed E-state index contributed by atoms with van der Waals surface area (Å²) < 4.78 is 1.01. The van der Waals surface area contributed by atoms with E-state index < -0.39 is 35.8 Å². The third-order valence-electron chi connectivity index (χ3n) is 5.26. The summed E-state index contributed by atoms with van der Waals surface area (Å²) >= 11 is 1.49. The molecule has 0 aliphatic carbocycles. The topological polar surface area (TPSA) is 128 Å². The maximum atomic E-state index is 13.2. The lowest BCUT2D eigenvalue weighted by Crippen LogP contribution is -2.52. The molecule has 0 saturated heterocycles. The molecule has 3 aromatic rings. The molecule has 9 heteroatoms. The van der Waals surface area contributed by atoms with Gasteiger partial charge < -0.3 is 15.7 Å². The standard InChI is InChI=1S/C23H25N3O5S/c1-24-22(29)18(11-14-7-3-2-4-8-14)25-21(28)17(20(27)23(30)26-31)12-15-13-32-19-10-6-5-9-16(15)19/h2-10,13,17-18,20,27,31H,11-12H2,1H3,(H,24,29)(H,25,28)(H,26,30)/t17-,18+,20+/m1/s1. The average molecular weight is 456 g/mol. The summed E-state index contributed by atoms with van der Waals surface area (Å²) in [7, 11) is 1.47. The summed E-state index contributed by atoms with van der Waals surface area (Å²) in [5, 5.41) is 27.5. The molecule has 2 aromatic carbocycles. The number of benzene rings is 2. The van der Waals surface area contributed by atoms with E-state index >= 15 is 0 Å². The molecule has 0 bridgehead atoms. The van der Waals surface area contributed by atoms with Gasteiger partial charge in [-0.05, 0) is 34.4 Å². The minimum Gasteiger partial charge on any atom is -0.382 e. The molecule has 8 nitrogen and oxygen atoms in total. The van der Waals surface area contributed by atoms with Gasteiger partial charge in [-0.2, -0.15) is 0 Å². The predicted octanol–water partition coefficient (Wildman–Crippen LogP) is 1.40. The van der Waals surface area contributed by atoms with Crippen molar-refractivity contribution in [1.29, 1.82) is 0 Å². The summed E-state index contributed by atoms with van der Waals surface area (Å²) in [5.74, 6) is -3.38. The van der Waals surface area contributed by atoms with Gasteiger partial charge in [0, 0.05) is 18.2 Å². The molecular formula is C23H25N3O5S. The second kappa shape index (κ2) is 10.9. The van der Waals surface area contributed by atoms with Crippen molar-refractivity contribution in [2.24, 2.45) is 5.92 Å². The molecule has 3 rings (SSSR count). The first-order chi connectivity index (χ1) is 15.4. The van der Waals surface area contributed by atoms with E-state index in [4.69, 9.17) is 5.21 Å². The van der Waals surface area contributed by atoms with E-state index in [-0.39, 0.29) is 12.8 Å². The first kappa shape index (κ1) is 23.4. The van der Waals surface area contributed by atoms with Crippen LogP contribution in [0.4, 0.5) is 0 Å². The third kappa shape index (κ3) is 5.50. The highest BCUT2D eigenvalue weighted by Gasteiger charge is 2.35. The zero-order valence-corrected chi connectivity index (χ0v) is 18.3. The third-order valence-corrected chi connectivity index (χ3v) is 6.27. The molecule has 3 atom stereocenters. The largest absolute Gasteiger partial charge is 0.382 e. The summed E-state index contributed by atoms with van der Waals surface area (Å²) in [6.07, 6.45) is -1.51. The maximum Gasteiger partial charge on any atom is 0.272 e. The van der Waals surface area contributed by atoms with Crippen LogP contribution in [0.5, 0.6) is 0 Å². The molecule has 0 unspecified atom stereocenters. The molecule has 168 valence electrons. The van der Waals surface area contributed by atoms with Crippen LogP contribution in [0, 0.1) is 5.92 Å². The van der Waals surface area contributed by atoms with Gasteiger partial charge in [0.25, 0.3) is 5.91 Å². The molecule has 1 aromatic heterocycles. The van der Waals surface area contributed by atoms with Gasteiger partial charge in [-0.25, -0.2) is 5.48 Å². The number of nitrogens with one attached hydrogen (secondary N) is 3. The molecule has 1 heterocycles. The lowest BCUT2D eigenvalue weighted by atomic mass is 9.91. The van der Waals surface area contributed by atoms with Gasteiger partial charge in [-0.1, -0.05) is 48.5 Å². The summed E-state index contributed by atoms with van der Waals surface area (Å²) in [6, 6.07) is 15.9. The number of aliphatic hydroxyl groups is 1. The highest BCUT2D eigenvalue weighted by Crippen LogP contribution is 2.28. The van der Waals surface area contributed by atoms with Gasteiger partial charge in [0.2, 0.25) is 11.8 Å². The number of hydroxylamine groups is 1. The molecule has 0 aliphatic rings. The molecule has 0 fully saturated rings. The summed E-state index contributed by atoms with van der Waals surface area (Å²) in [4.78, 5) is 37.5. The molecular weight excluding hydrogens is 430 g/mol. The Hall–Kier alpha value is -3.27. The number of amides is 3. The number of carbonyl (C=O) groups is 3. The van der Waals surface area contributed by atoms with Crippen LogP contribution >= 0.6 is 11.3 Å². The van der Waals surface area contributed by atoms with E-state index in [9.17, 15) is 19.5 Å². The Bertz CT molecular complexity index is 1090. The Labute approximate surface area is 189 Å². The lowest BCUT2D eigenvalue weighted by molar-refractivity contribution is -0.146. The van der Waals surface area contributed by atoms with Crippen molar-refractivity contribution in [1.82, 2.24) is 16.1 Å². The molecule has 3 amide bonds. The van der Waals surface area contributed by atoms with Crippen molar-refractivity contribution in [2.45, 2.75) is 25.0 Å². The van der Waals surface area contributed by atoms with Crippen molar-refractivity contribution in [3.8, 4) is 0 Å². The number of likely N-dealkylation sites (N-methyl/N-ethyl adjacent to an activating group) is 1. The minimum atomic E-state index is -1.80. The maximum absolute atomic E-state index is 13.2. The van der Waals surface area contributed by atoms with Gasteiger partial charge in [0.1, 0.15) is 12.1 Å². The summed E-state index contributed by atoms with van der Waals surface area (Å²) in [5.41, 5.74) is 3.03. The normalized spacial score (nSPS) is 13.7. The Balaban J connectivity index is 1.86. The van der Waals surface area contributed by atoms with Crippen molar-refractivity contribution in [3.63, 3.8) is 0 Å². The number of carbonyl (C=O) groups excluding carboxylic acids is 3. The van der Waals surface area contributed by atoms with E-state index in [1.807, 2.05) is 60.0 Å². The first-order valence-corrected chi connectivity index (χ1v) is 11.0. The van der Waals surface area contributed by atoms with Crippen LogP contribution in [0.15, 0.2) is 60.0 Å². The second-order valence-electron chi connectivity index (χ2n) is 7.35. The van der Waals surface area contributed by atoms with Crippen LogP contribution in [0.1, 0.15) is 11.1 Å². The van der Waals surface area contributed by atoms with E-state index in [1.165, 1.54) is 23.9 Å². The molecule has 5 N–H and O–H groups in total. The number of thiophene rings is 1. The van der Waals surface area contributed by atoms with Gasteiger partial charge in [-0.3, -0.25) is 19.6 Å². The molecule has 0 aliphatic heterocycles. The van der Waals surface area contributed by atoms with E-state index in [0.29, 0.717) is 0 Å². The van der Waals surface area contributed by atoms with Crippen LogP contribution in [-0.2, 0) is 27.2 Å². The number of hydrogen-bond donors (Lipinski definition) is 5. The van der Waals surface area contributed by atoms with Crippen molar-refractivity contribution < 1.29 is 24.7 Å². The first-order valence-electron chi connectivity index (χ1n) is 10.1. The van der Waals surface area contributed by atoms with Crippen molar-refractivity contribution >= 4 is 39.1 Å². The van der Waals surface area contributed by atoms with Crippen molar-refractivity contribution in [3.05, 3.63) is 71.1 Å². The van der Waals surface area contributed by atoms with Crippen LogP contribution in [0.2, 0.25) is 0 Å². The van der Waals surface area contributed by atoms with E-state index in [0.717, 1.165) is 21.2 Å². The molecule has 0 radical (unpaired) electrons. The van der Waals surface area contributed by atoms with Crippen molar-refractivity contribution in [2.75, 3.05) is 7.05 Å². The quantitative estimate of drug-likeness (QED) is 0.246. The number of hydrogen-bond acceptors (Lipinski definition) is 6. The van der Waals surface area contributed by atoms with Gasteiger partial charge in [0.05, 0.1) is 5.92 Å². The van der Waals surface area contributed by atoms with Gasteiger partial charge in [-0.15, -0.1) is 11.3 Å². The Kier molecular flexibility index (Phi) is 7.93. The lowest BCUT2D eigenvalue weighted by Gasteiger charge is -2.24. The Morgan fingerprint density at radius 1 is 0.938 bits per heavy atom. The number of aliphatic hydroxyl groups excluding tert-OH is 1. The van der Waals surface area contributed by atoms with E-state index in [1.54, 1.807) is 0 Å². The fraction of sp³-hybridized carbons (Fsp3) is 0.261. The number of rotatable bonds is 9. The molecule has 0 saturated carbocycles. The van der Waals surface area contributed by atoms with Gasteiger partial charge >= 0.3 is 0 Å². The smallest absolute Gasteiger partial charge is 0.272 e. The Morgan fingerprint density at radius 3 is 2.31 bits per heavy atom. The highest BCUT2D eigenvalue weighted by molar-refractivity contribution is 7.17. The zero-order chi connectivity index (χ0) is 23.1. The van der Waals surface area contributed by atoms with E-state index in [2.05, 4.69) is 10.6 Å². The second-order valence-corrected chi connectivity index (χ2v) is 8.26. The van der Waals surface area contributed by atoms with Crippen LogP contribution < -0.4 is 16.1 Å². The Morgan fingerprint density at radius 2 is 1.62 bits per heavy atom. The highest BCUT2D eigenvalue weighted by atomic mass is 32.1. The monoisotopic (exact) mass is 455 g/mol. The van der Waals surface area contributed by atoms with Crippen LogP contribution in [0.3, 0.4) is 0 Å². The SMILES string of the molecule is CNC(=O)[C@H](Cc1ccccc1)NC(=O)[C@H](Cc1csc2ccccc12)[C@H](O)C(=O)NO. The van der Waals surface area contributed by atoms with Gasteiger partial charge in [0.15, 0.2) is 0 Å².